The summed E-state index contributed by atoms with van der Waals surface area (Å²) in [6.45, 7) is 5.75. The predicted molar refractivity (Wildman–Crippen MR) is 66.8 cm³/mol. The summed E-state index contributed by atoms with van der Waals surface area (Å²) in [5.74, 6) is 0.0357. The molecule has 4 heteroatoms. The van der Waals surface area contributed by atoms with Crippen molar-refractivity contribution < 1.29 is 9.53 Å². The Balaban J connectivity index is 1.84. The van der Waals surface area contributed by atoms with Crippen molar-refractivity contribution in [3.8, 4) is 0 Å². The third-order valence-corrected chi connectivity index (χ3v) is 3.56. The lowest BCUT2D eigenvalue weighted by Gasteiger charge is -2.36. The lowest BCUT2D eigenvalue weighted by atomic mass is 9.76. The molecule has 1 fully saturated rings. The van der Waals surface area contributed by atoms with Crippen LogP contribution in [-0.2, 0) is 9.53 Å². The number of nitrogens with one attached hydrogen (secondary N) is 1. The molecule has 1 aliphatic carbocycles. The molecule has 1 aliphatic heterocycles. The van der Waals surface area contributed by atoms with Gasteiger partial charge in [-0.1, -0.05) is 0 Å². The van der Waals surface area contributed by atoms with Gasteiger partial charge >= 0.3 is 5.97 Å². The number of carbonyl (C=O) groups excluding carboxylic acids is 1. The van der Waals surface area contributed by atoms with Gasteiger partial charge in [-0.15, -0.1) is 0 Å². The van der Waals surface area contributed by atoms with Crippen LogP contribution in [0.4, 0.5) is 0 Å². The van der Waals surface area contributed by atoms with Crippen molar-refractivity contribution >= 4 is 12.2 Å². The average Bonchev–Trinajstić information content (AvgIpc) is 2.65. The zero-order valence-corrected chi connectivity index (χ0v) is 11.0. The van der Waals surface area contributed by atoms with E-state index in [1.807, 2.05) is 27.0 Å². The summed E-state index contributed by atoms with van der Waals surface area (Å²) in [5.41, 5.74) is 2.96. The first kappa shape index (κ1) is 12.4. The number of rotatable bonds is 1. The van der Waals surface area contributed by atoms with Crippen LogP contribution in [0.3, 0.4) is 0 Å². The predicted octanol–water partition coefficient (Wildman–Crippen LogP) is 2.24. The van der Waals surface area contributed by atoms with Gasteiger partial charge < -0.3 is 10.2 Å². The van der Waals surface area contributed by atoms with E-state index in [1.54, 1.807) is 0 Å². The van der Waals surface area contributed by atoms with Crippen molar-refractivity contribution in [2.24, 2.45) is 11.0 Å². The van der Waals surface area contributed by atoms with Crippen LogP contribution in [0, 0.1) is 5.92 Å². The lowest BCUT2D eigenvalue weighted by molar-refractivity contribution is -0.161. The van der Waals surface area contributed by atoms with E-state index in [9.17, 15) is 4.79 Å². The Morgan fingerprint density at radius 1 is 1.41 bits per heavy atom. The SMILES string of the molecule is CC(C)(C)OC(=O)C1CCC2(CC=NN2)CC1. The Bertz CT molecular complexity index is 313. The molecule has 2 aliphatic rings. The maximum absolute atomic E-state index is 11.9. The number of nitrogens with zero attached hydrogens (tertiary/aromatic N) is 1. The minimum absolute atomic E-state index is 0.0359. The van der Waals surface area contributed by atoms with Crippen molar-refractivity contribution in [2.45, 2.75) is 64.0 Å². The van der Waals surface area contributed by atoms with Crippen LogP contribution < -0.4 is 5.43 Å². The van der Waals surface area contributed by atoms with Crippen molar-refractivity contribution in [3.05, 3.63) is 0 Å². The van der Waals surface area contributed by atoms with Gasteiger partial charge in [-0.2, -0.15) is 5.10 Å². The molecule has 0 saturated heterocycles. The Morgan fingerprint density at radius 3 is 2.53 bits per heavy atom. The normalized spacial score (nSPS) is 32.5. The minimum atomic E-state index is -0.374. The van der Waals surface area contributed by atoms with E-state index >= 15 is 0 Å². The standard InChI is InChI=1S/C13H22N2O2/c1-12(2,3)17-11(16)10-4-6-13(7-5-10)8-9-14-15-13/h9-10,15H,4-8H2,1-3H3. The first-order chi connectivity index (χ1) is 7.90. The molecule has 0 aromatic carbocycles. The quantitative estimate of drug-likeness (QED) is 0.713. The first-order valence-electron chi connectivity index (χ1n) is 6.42. The van der Waals surface area contributed by atoms with Gasteiger partial charge in [0, 0.05) is 12.6 Å². The summed E-state index contributed by atoms with van der Waals surface area (Å²) in [6, 6.07) is 0. The maximum atomic E-state index is 11.9. The molecule has 96 valence electrons. The summed E-state index contributed by atoms with van der Waals surface area (Å²) in [5, 5.41) is 4.10. The molecule has 2 rings (SSSR count). The Kier molecular flexibility index (Phi) is 3.15. The summed E-state index contributed by atoms with van der Waals surface area (Å²) in [4.78, 5) is 11.9. The Morgan fingerprint density at radius 2 is 2.06 bits per heavy atom. The number of esters is 1. The molecule has 0 atom stereocenters. The van der Waals surface area contributed by atoms with Gasteiger partial charge in [0.2, 0.25) is 0 Å². The highest BCUT2D eigenvalue weighted by molar-refractivity contribution is 5.73. The zero-order chi connectivity index (χ0) is 12.5. The minimum Gasteiger partial charge on any atom is -0.460 e. The summed E-state index contributed by atoms with van der Waals surface area (Å²) >= 11 is 0. The van der Waals surface area contributed by atoms with Gasteiger partial charge in [-0.25, -0.2) is 0 Å². The van der Waals surface area contributed by atoms with Crippen LogP contribution in [0.5, 0.6) is 0 Å². The van der Waals surface area contributed by atoms with Gasteiger partial charge in [-0.05, 0) is 46.5 Å². The number of hydrogen-bond donors (Lipinski definition) is 1. The van der Waals surface area contributed by atoms with Crippen LogP contribution in [0.1, 0.15) is 52.9 Å². The fourth-order valence-electron chi connectivity index (χ4n) is 2.56. The number of hydrazone groups is 1. The van der Waals surface area contributed by atoms with E-state index in [1.165, 1.54) is 0 Å². The van der Waals surface area contributed by atoms with Crippen molar-refractivity contribution in [2.75, 3.05) is 0 Å². The third kappa shape index (κ3) is 2.99. The van der Waals surface area contributed by atoms with E-state index in [4.69, 9.17) is 4.74 Å². The zero-order valence-electron chi connectivity index (χ0n) is 11.0. The highest BCUT2D eigenvalue weighted by Crippen LogP contribution is 2.36. The Labute approximate surface area is 103 Å². The van der Waals surface area contributed by atoms with Crippen LogP contribution >= 0.6 is 0 Å². The van der Waals surface area contributed by atoms with Crippen LogP contribution in [0.25, 0.3) is 0 Å². The van der Waals surface area contributed by atoms with Gasteiger partial charge in [0.05, 0.1) is 11.5 Å². The van der Waals surface area contributed by atoms with Crippen LogP contribution in [-0.4, -0.2) is 23.3 Å². The molecule has 1 saturated carbocycles. The molecule has 4 nitrogen and oxygen atoms in total. The molecular weight excluding hydrogens is 216 g/mol. The summed E-state index contributed by atoms with van der Waals surface area (Å²) in [7, 11) is 0. The molecule has 0 aromatic heterocycles. The van der Waals surface area contributed by atoms with Gasteiger partial charge in [0.25, 0.3) is 0 Å². The molecule has 17 heavy (non-hydrogen) atoms. The first-order valence-corrected chi connectivity index (χ1v) is 6.42. The van der Waals surface area contributed by atoms with Crippen molar-refractivity contribution in [3.63, 3.8) is 0 Å². The molecule has 0 unspecified atom stereocenters. The second-order valence-corrected chi connectivity index (χ2v) is 6.22. The largest absolute Gasteiger partial charge is 0.460 e. The fraction of sp³-hybridized carbons (Fsp3) is 0.846. The smallest absolute Gasteiger partial charge is 0.309 e. The second kappa shape index (κ2) is 4.31. The molecule has 0 aromatic rings. The lowest BCUT2D eigenvalue weighted by Crippen LogP contribution is -2.44. The van der Waals surface area contributed by atoms with E-state index in [0.29, 0.717) is 0 Å². The van der Waals surface area contributed by atoms with Gasteiger partial charge in [0.1, 0.15) is 5.60 Å². The molecule has 0 radical (unpaired) electrons. The monoisotopic (exact) mass is 238 g/mol. The highest BCUT2D eigenvalue weighted by atomic mass is 16.6. The topological polar surface area (TPSA) is 50.7 Å². The number of carbonyl (C=O) groups is 1. The van der Waals surface area contributed by atoms with E-state index in [-0.39, 0.29) is 23.0 Å². The summed E-state index contributed by atoms with van der Waals surface area (Å²) in [6.07, 6.45) is 6.77. The van der Waals surface area contributed by atoms with Crippen molar-refractivity contribution in [1.29, 1.82) is 0 Å². The molecule has 1 spiro atoms. The molecule has 1 N–H and O–H groups in total. The van der Waals surface area contributed by atoms with Gasteiger partial charge in [-0.3, -0.25) is 4.79 Å². The number of hydrogen-bond acceptors (Lipinski definition) is 4. The average molecular weight is 238 g/mol. The molecule has 0 bridgehead atoms. The van der Waals surface area contributed by atoms with E-state index in [0.717, 1.165) is 32.1 Å². The van der Waals surface area contributed by atoms with Crippen molar-refractivity contribution in [1.82, 2.24) is 5.43 Å². The molecular formula is C13H22N2O2. The van der Waals surface area contributed by atoms with E-state index < -0.39 is 0 Å². The fourth-order valence-corrected chi connectivity index (χ4v) is 2.56. The molecule has 0 amide bonds. The molecule has 1 heterocycles. The summed E-state index contributed by atoms with van der Waals surface area (Å²) < 4.78 is 5.44. The third-order valence-electron chi connectivity index (χ3n) is 3.56. The van der Waals surface area contributed by atoms with Gasteiger partial charge in [0.15, 0.2) is 0 Å². The highest BCUT2D eigenvalue weighted by Gasteiger charge is 2.39. The maximum Gasteiger partial charge on any atom is 0.309 e. The number of ether oxygens (including phenoxy) is 1. The van der Waals surface area contributed by atoms with E-state index in [2.05, 4.69) is 10.5 Å². The van der Waals surface area contributed by atoms with Crippen LogP contribution in [0.2, 0.25) is 0 Å². The second-order valence-electron chi connectivity index (χ2n) is 6.22. The van der Waals surface area contributed by atoms with Crippen LogP contribution in [0.15, 0.2) is 5.10 Å². The Hall–Kier alpha value is -1.06.